The summed E-state index contributed by atoms with van der Waals surface area (Å²) < 4.78 is 5.47. The summed E-state index contributed by atoms with van der Waals surface area (Å²) in [5.74, 6) is 1.18. The molecule has 27 heavy (non-hydrogen) atoms. The molecule has 2 nitrogen and oxygen atoms in total. The lowest BCUT2D eigenvalue weighted by Gasteiger charge is -2.14. The Labute approximate surface area is 168 Å². The molecule has 0 amide bonds. The lowest BCUT2D eigenvalue weighted by atomic mass is 10.0. The van der Waals surface area contributed by atoms with Crippen LogP contribution in [-0.4, -0.2) is 18.3 Å². The summed E-state index contributed by atoms with van der Waals surface area (Å²) in [4.78, 5) is 13.3. The highest BCUT2D eigenvalue weighted by Gasteiger charge is 2.10. The number of hydrogen-bond donors (Lipinski definition) is 0. The Hall–Kier alpha value is -1.74. The molecule has 0 saturated carbocycles. The van der Waals surface area contributed by atoms with E-state index in [0.29, 0.717) is 18.9 Å². The number of benzene rings is 2. The van der Waals surface area contributed by atoms with Gasteiger partial charge in [0.15, 0.2) is 0 Å². The Kier molecular flexibility index (Phi) is 9.47. The van der Waals surface area contributed by atoms with Gasteiger partial charge in [-0.2, -0.15) is 0 Å². The Balaban J connectivity index is 1.89. The highest BCUT2D eigenvalue weighted by atomic mass is 32.2. The number of aryl methyl sites for hydroxylation is 1. The molecular formula is C24H32O2S. The predicted molar refractivity (Wildman–Crippen MR) is 116 cm³/mol. The van der Waals surface area contributed by atoms with Crippen molar-refractivity contribution in [2.75, 3.05) is 12.4 Å². The molecule has 0 radical (unpaired) electrons. The van der Waals surface area contributed by atoms with Gasteiger partial charge in [-0.3, -0.25) is 4.79 Å². The third-order valence-electron chi connectivity index (χ3n) is 4.81. The van der Waals surface area contributed by atoms with Crippen molar-refractivity contribution in [2.45, 2.75) is 57.8 Å². The van der Waals surface area contributed by atoms with Gasteiger partial charge in [-0.05, 0) is 47.6 Å². The van der Waals surface area contributed by atoms with Gasteiger partial charge in [0, 0.05) is 10.6 Å². The van der Waals surface area contributed by atoms with Gasteiger partial charge in [-0.15, -0.1) is 11.8 Å². The lowest BCUT2D eigenvalue weighted by molar-refractivity contribution is -0.144. The highest BCUT2D eigenvalue weighted by Crippen LogP contribution is 2.28. The van der Waals surface area contributed by atoms with Crippen molar-refractivity contribution < 1.29 is 9.53 Å². The first-order valence-corrected chi connectivity index (χ1v) is 11.1. The third-order valence-corrected chi connectivity index (χ3v) is 5.79. The first kappa shape index (κ1) is 21.6. The van der Waals surface area contributed by atoms with E-state index in [1.165, 1.54) is 21.6 Å². The van der Waals surface area contributed by atoms with Crippen LogP contribution in [0.2, 0.25) is 0 Å². The van der Waals surface area contributed by atoms with Crippen LogP contribution in [0.25, 0.3) is 11.1 Å². The summed E-state index contributed by atoms with van der Waals surface area (Å²) in [5, 5.41) is 0. The van der Waals surface area contributed by atoms with Crippen LogP contribution in [0.3, 0.4) is 0 Å². The molecule has 0 fully saturated rings. The maximum atomic E-state index is 12.0. The topological polar surface area (TPSA) is 26.3 Å². The van der Waals surface area contributed by atoms with Crippen LogP contribution in [0.15, 0.2) is 53.4 Å². The Morgan fingerprint density at radius 1 is 1.04 bits per heavy atom. The molecule has 146 valence electrons. The molecule has 0 aliphatic heterocycles. The number of ether oxygens (including phenoxy) is 1. The first-order valence-electron chi connectivity index (χ1n) is 10.1. The van der Waals surface area contributed by atoms with Crippen molar-refractivity contribution in [3.63, 3.8) is 0 Å². The second-order valence-electron chi connectivity index (χ2n) is 6.93. The van der Waals surface area contributed by atoms with Gasteiger partial charge in [-0.25, -0.2) is 0 Å². The quantitative estimate of drug-likeness (QED) is 0.316. The number of carbonyl (C=O) groups is 1. The second kappa shape index (κ2) is 11.9. The van der Waals surface area contributed by atoms with Crippen LogP contribution in [0.5, 0.6) is 0 Å². The van der Waals surface area contributed by atoms with Crippen molar-refractivity contribution in [2.24, 2.45) is 5.92 Å². The third kappa shape index (κ3) is 7.42. The van der Waals surface area contributed by atoms with Crippen molar-refractivity contribution in [3.8, 4) is 11.1 Å². The van der Waals surface area contributed by atoms with E-state index < -0.39 is 0 Å². The van der Waals surface area contributed by atoms with E-state index in [1.54, 1.807) is 11.8 Å². The highest BCUT2D eigenvalue weighted by molar-refractivity contribution is 7.99. The van der Waals surface area contributed by atoms with Crippen LogP contribution in [0, 0.1) is 5.92 Å². The maximum Gasteiger partial charge on any atom is 0.306 e. The van der Waals surface area contributed by atoms with Gasteiger partial charge in [-0.1, -0.05) is 70.0 Å². The molecule has 1 unspecified atom stereocenters. The molecule has 0 aliphatic carbocycles. The van der Waals surface area contributed by atoms with E-state index in [4.69, 9.17) is 4.74 Å². The zero-order valence-electron chi connectivity index (χ0n) is 16.9. The summed E-state index contributed by atoms with van der Waals surface area (Å²) in [6.07, 6.45) is 4.81. The summed E-state index contributed by atoms with van der Waals surface area (Å²) in [6, 6.07) is 17.2. The molecule has 2 aromatic rings. The molecular weight excluding hydrogens is 352 g/mol. The minimum Gasteiger partial charge on any atom is -0.465 e. The molecule has 0 aromatic heterocycles. The molecule has 2 rings (SSSR count). The van der Waals surface area contributed by atoms with Crippen LogP contribution in [0.1, 0.15) is 52.0 Å². The normalized spacial score (nSPS) is 12.0. The molecule has 3 heteroatoms. The van der Waals surface area contributed by atoms with E-state index in [-0.39, 0.29) is 5.97 Å². The SMILES string of the molecule is CCCC(CC)COC(=O)CCSc1cc(CC)cc(-c2ccccc2)c1. The average molecular weight is 385 g/mol. The first-order chi connectivity index (χ1) is 13.2. The van der Waals surface area contributed by atoms with Crippen LogP contribution in [0.4, 0.5) is 0 Å². The van der Waals surface area contributed by atoms with Crippen molar-refractivity contribution >= 4 is 17.7 Å². The molecule has 2 aromatic carbocycles. The molecule has 1 atom stereocenters. The second-order valence-corrected chi connectivity index (χ2v) is 8.10. The van der Waals surface area contributed by atoms with Crippen molar-refractivity contribution in [1.82, 2.24) is 0 Å². The minimum absolute atomic E-state index is 0.0769. The molecule has 0 bridgehead atoms. The molecule has 0 saturated heterocycles. The van der Waals surface area contributed by atoms with E-state index in [9.17, 15) is 4.79 Å². The predicted octanol–water partition coefficient (Wildman–Crippen LogP) is 6.77. The Morgan fingerprint density at radius 3 is 2.48 bits per heavy atom. The van der Waals surface area contributed by atoms with Gasteiger partial charge in [0.25, 0.3) is 0 Å². The molecule has 0 spiro atoms. The van der Waals surface area contributed by atoms with E-state index in [1.807, 2.05) is 6.07 Å². The number of hydrogen-bond acceptors (Lipinski definition) is 3. The van der Waals surface area contributed by atoms with Crippen molar-refractivity contribution in [3.05, 3.63) is 54.1 Å². The Bertz CT molecular complexity index is 697. The van der Waals surface area contributed by atoms with E-state index in [0.717, 1.165) is 31.4 Å². The Morgan fingerprint density at radius 2 is 1.81 bits per heavy atom. The minimum atomic E-state index is -0.0769. The monoisotopic (exact) mass is 384 g/mol. The van der Waals surface area contributed by atoms with Crippen LogP contribution >= 0.6 is 11.8 Å². The number of rotatable bonds is 11. The van der Waals surface area contributed by atoms with Gasteiger partial charge in [0.1, 0.15) is 0 Å². The largest absolute Gasteiger partial charge is 0.465 e. The van der Waals surface area contributed by atoms with E-state index in [2.05, 4.69) is 63.2 Å². The van der Waals surface area contributed by atoms with Gasteiger partial charge in [0.2, 0.25) is 0 Å². The number of carbonyl (C=O) groups excluding carboxylic acids is 1. The zero-order chi connectivity index (χ0) is 19.5. The van der Waals surface area contributed by atoms with Crippen LogP contribution < -0.4 is 0 Å². The smallest absolute Gasteiger partial charge is 0.306 e. The number of esters is 1. The summed E-state index contributed by atoms with van der Waals surface area (Å²) in [7, 11) is 0. The lowest BCUT2D eigenvalue weighted by Crippen LogP contribution is -2.14. The fourth-order valence-electron chi connectivity index (χ4n) is 3.09. The summed E-state index contributed by atoms with van der Waals surface area (Å²) >= 11 is 1.74. The fraction of sp³-hybridized carbons (Fsp3) is 0.458. The van der Waals surface area contributed by atoms with Gasteiger partial charge < -0.3 is 4.74 Å². The molecule has 0 aliphatic rings. The standard InChI is InChI=1S/C24H32O2S/c1-4-10-19(5-2)18-26-24(25)13-14-27-23-16-20(6-3)15-22(17-23)21-11-8-7-9-12-21/h7-9,11-12,15-17,19H,4-6,10,13-14,18H2,1-3H3. The summed E-state index contributed by atoms with van der Waals surface area (Å²) in [5.41, 5.74) is 3.80. The maximum absolute atomic E-state index is 12.0. The van der Waals surface area contributed by atoms with Gasteiger partial charge >= 0.3 is 5.97 Å². The van der Waals surface area contributed by atoms with E-state index >= 15 is 0 Å². The fourth-order valence-corrected chi connectivity index (χ4v) is 4.04. The zero-order valence-corrected chi connectivity index (χ0v) is 17.7. The van der Waals surface area contributed by atoms with Crippen LogP contribution in [-0.2, 0) is 16.0 Å². The van der Waals surface area contributed by atoms with Crippen molar-refractivity contribution in [1.29, 1.82) is 0 Å². The van der Waals surface area contributed by atoms with Gasteiger partial charge in [0.05, 0.1) is 13.0 Å². The molecule has 0 heterocycles. The number of thioether (sulfide) groups is 1. The molecule has 0 N–H and O–H groups in total. The average Bonchev–Trinajstić information content (AvgIpc) is 2.71. The summed E-state index contributed by atoms with van der Waals surface area (Å²) in [6.45, 7) is 7.08.